The van der Waals surface area contributed by atoms with E-state index in [1.165, 1.54) is 0 Å². The van der Waals surface area contributed by atoms with Crippen LogP contribution in [0.4, 0.5) is 0 Å². The monoisotopic (exact) mass is 548 g/mol. The van der Waals surface area contributed by atoms with Gasteiger partial charge in [0.2, 0.25) is 0 Å². The van der Waals surface area contributed by atoms with Crippen molar-refractivity contribution in [3.63, 3.8) is 0 Å². The number of carbonyl (C=O) groups excluding carboxylic acids is 2. The van der Waals surface area contributed by atoms with Gasteiger partial charge in [0.05, 0.1) is 13.2 Å². The molecule has 0 amide bonds. The van der Waals surface area contributed by atoms with Gasteiger partial charge in [-0.1, -0.05) is 91.0 Å². The second-order valence-electron chi connectivity index (χ2n) is 9.14. The van der Waals surface area contributed by atoms with Gasteiger partial charge in [0.1, 0.15) is 5.60 Å². The Hall–Kier alpha value is -3.52. The topological polar surface area (TPSA) is 80.3 Å². The third kappa shape index (κ3) is 7.16. The van der Waals surface area contributed by atoms with Gasteiger partial charge in [0.15, 0.2) is 6.29 Å². The van der Waals surface area contributed by atoms with Gasteiger partial charge >= 0.3 is 11.9 Å². The number of hydrogen-bond acceptors (Lipinski definition) is 7. The van der Waals surface area contributed by atoms with Crippen LogP contribution in [0.5, 0.6) is 0 Å². The summed E-state index contributed by atoms with van der Waals surface area (Å²) < 4.78 is 28.9. The Kier molecular flexibility index (Phi) is 11.9. The molecule has 0 aliphatic carbocycles. The van der Waals surface area contributed by atoms with Crippen LogP contribution in [0.2, 0.25) is 0 Å². The van der Waals surface area contributed by atoms with Crippen LogP contribution in [0.3, 0.4) is 0 Å². The highest BCUT2D eigenvalue weighted by Gasteiger charge is 2.51. The van der Waals surface area contributed by atoms with Crippen LogP contribution in [-0.2, 0) is 38.9 Å². The van der Waals surface area contributed by atoms with Crippen LogP contribution in [0, 0.1) is 0 Å². The fraction of sp³-hybridized carbons (Fsp3) is 0.394. The highest BCUT2D eigenvalue weighted by Crippen LogP contribution is 2.40. The molecule has 0 heterocycles. The van der Waals surface area contributed by atoms with Crippen LogP contribution >= 0.6 is 0 Å². The summed E-state index contributed by atoms with van der Waals surface area (Å²) in [6, 6.07) is 30.0. The smallest absolute Gasteiger partial charge is 0.350 e. The van der Waals surface area contributed by atoms with E-state index in [1.54, 1.807) is 27.7 Å². The van der Waals surface area contributed by atoms with Crippen LogP contribution < -0.4 is 0 Å². The Morgan fingerprint density at radius 1 is 0.675 bits per heavy atom. The van der Waals surface area contributed by atoms with Crippen LogP contribution in [0.25, 0.3) is 0 Å². The average molecular weight is 549 g/mol. The molecule has 0 radical (unpaired) electrons. The number of ether oxygens (including phenoxy) is 5. The largest absolute Gasteiger partial charge is 0.463 e. The average Bonchev–Trinajstić information content (AvgIpc) is 2.98. The van der Waals surface area contributed by atoms with E-state index in [4.69, 9.17) is 23.7 Å². The normalized spacial score (nSPS) is 12.5. The summed E-state index contributed by atoms with van der Waals surface area (Å²) in [4.78, 5) is 26.5. The zero-order valence-electron chi connectivity index (χ0n) is 23.8. The zero-order valence-corrected chi connectivity index (χ0v) is 23.8. The summed E-state index contributed by atoms with van der Waals surface area (Å²) in [6.07, 6.45) is -0.557. The van der Waals surface area contributed by atoms with Gasteiger partial charge in [-0.25, -0.2) is 9.59 Å². The lowest BCUT2D eigenvalue weighted by molar-refractivity contribution is -0.229. The highest BCUT2D eigenvalue weighted by molar-refractivity contribution is 6.03. The number of hydrogen-bond donors (Lipinski definition) is 0. The first-order valence-corrected chi connectivity index (χ1v) is 13.9. The standard InChI is InChI=1S/C33H40O7/c1-5-36-26(4)40-32(30(34)37-6-2,31(35)38-7-3)24-17-25-39-33(27-18-11-8-12-19-27,28-20-13-9-14-21-28)29-22-15-10-16-23-29/h8-16,18-23,26H,5-7,17,24-25H2,1-4H3. The molecule has 0 aliphatic rings. The van der Waals surface area contributed by atoms with Gasteiger partial charge in [0, 0.05) is 19.6 Å². The molecule has 0 aromatic heterocycles. The lowest BCUT2D eigenvalue weighted by Gasteiger charge is -2.36. The predicted molar refractivity (Wildman–Crippen MR) is 153 cm³/mol. The van der Waals surface area contributed by atoms with Crippen molar-refractivity contribution in [1.82, 2.24) is 0 Å². The molecular formula is C33H40O7. The molecule has 7 heteroatoms. The van der Waals surface area contributed by atoms with Crippen molar-refractivity contribution in [2.24, 2.45) is 0 Å². The van der Waals surface area contributed by atoms with E-state index in [0.717, 1.165) is 16.7 Å². The fourth-order valence-electron chi connectivity index (χ4n) is 4.80. The quantitative estimate of drug-likeness (QED) is 0.0710. The minimum Gasteiger partial charge on any atom is -0.463 e. The molecule has 7 nitrogen and oxygen atoms in total. The fourth-order valence-corrected chi connectivity index (χ4v) is 4.80. The summed E-state index contributed by atoms with van der Waals surface area (Å²) in [5, 5.41) is 0. The Morgan fingerprint density at radius 3 is 1.48 bits per heavy atom. The van der Waals surface area contributed by atoms with Crippen LogP contribution in [0.15, 0.2) is 91.0 Å². The molecule has 0 N–H and O–H groups in total. The van der Waals surface area contributed by atoms with E-state index in [1.807, 2.05) is 91.0 Å². The van der Waals surface area contributed by atoms with Crippen molar-refractivity contribution in [2.45, 2.75) is 58.0 Å². The lowest BCUT2D eigenvalue weighted by atomic mass is 9.80. The summed E-state index contributed by atoms with van der Waals surface area (Å²) in [5.41, 5.74) is -0.0551. The maximum atomic E-state index is 13.2. The molecule has 0 saturated heterocycles. The van der Waals surface area contributed by atoms with Crippen molar-refractivity contribution < 1.29 is 33.3 Å². The molecule has 3 aromatic rings. The molecule has 0 bridgehead atoms. The van der Waals surface area contributed by atoms with Crippen molar-refractivity contribution in [3.8, 4) is 0 Å². The van der Waals surface area contributed by atoms with Crippen LogP contribution in [-0.4, -0.2) is 50.3 Å². The second-order valence-corrected chi connectivity index (χ2v) is 9.14. The van der Waals surface area contributed by atoms with Crippen molar-refractivity contribution >= 4 is 11.9 Å². The van der Waals surface area contributed by atoms with Crippen molar-refractivity contribution in [1.29, 1.82) is 0 Å². The van der Waals surface area contributed by atoms with Gasteiger partial charge in [-0.2, -0.15) is 0 Å². The molecule has 0 aliphatic heterocycles. The van der Waals surface area contributed by atoms with Crippen LogP contribution in [0.1, 0.15) is 57.2 Å². The molecule has 214 valence electrons. The molecule has 0 fully saturated rings. The van der Waals surface area contributed by atoms with Gasteiger partial charge in [-0.15, -0.1) is 0 Å². The summed E-state index contributed by atoms with van der Waals surface area (Å²) in [7, 11) is 0. The number of esters is 2. The first kappa shape index (κ1) is 31.0. The Balaban J connectivity index is 1.98. The SMILES string of the molecule is CCOC(=O)C(CCCOC(c1ccccc1)(c1ccccc1)c1ccccc1)(OC(C)OCC)C(=O)OCC. The Labute approximate surface area is 237 Å². The Bertz CT molecular complexity index is 1050. The first-order valence-electron chi connectivity index (χ1n) is 13.9. The first-order chi connectivity index (χ1) is 19.4. The van der Waals surface area contributed by atoms with Gasteiger partial charge in [-0.05, 0) is 50.8 Å². The number of carbonyl (C=O) groups is 2. The molecule has 0 saturated carbocycles. The molecule has 3 rings (SSSR count). The maximum absolute atomic E-state index is 13.2. The van der Waals surface area contributed by atoms with Crippen molar-refractivity contribution in [2.75, 3.05) is 26.4 Å². The number of benzene rings is 3. The summed E-state index contributed by atoms with van der Waals surface area (Å²) >= 11 is 0. The molecular weight excluding hydrogens is 508 g/mol. The highest BCUT2D eigenvalue weighted by atomic mass is 16.7. The van der Waals surface area contributed by atoms with E-state index >= 15 is 0 Å². The third-order valence-electron chi connectivity index (χ3n) is 6.51. The van der Waals surface area contributed by atoms with Gasteiger partial charge in [0.25, 0.3) is 5.60 Å². The maximum Gasteiger partial charge on any atom is 0.350 e. The molecule has 40 heavy (non-hydrogen) atoms. The minimum absolute atomic E-state index is 0.0173. The third-order valence-corrected chi connectivity index (χ3v) is 6.51. The van der Waals surface area contributed by atoms with Crippen molar-refractivity contribution in [3.05, 3.63) is 108 Å². The molecule has 1 atom stereocenters. The minimum atomic E-state index is -1.99. The van der Waals surface area contributed by atoms with E-state index in [0.29, 0.717) is 13.0 Å². The summed E-state index contributed by atoms with van der Waals surface area (Å²) in [5.74, 6) is -1.61. The second kappa shape index (κ2) is 15.3. The van der Waals surface area contributed by atoms with Gasteiger partial charge < -0.3 is 23.7 Å². The van der Waals surface area contributed by atoms with E-state index in [-0.39, 0.29) is 26.2 Å². The van der Waals surface area contributed by atoms with E-state index < -0.39 is 29.4 Å². The summed E-state index contributed by atoms with van der Waals surface area (Å²) in [6.45, 7) is 7.52. The molecule has 0 spiro atoms. The Morgan fingerprint density at radius 2 is 1.10 bits per heavy atom. The predicted octanol–water partition coefficient (Wildman–Crippen LogP) is 6.04. The molecule has 3 aromatic carbocycles. The lowest BCUT2D eigenvalue weighted by Crippen LogP contribution is -2.53. The zero-order chi connectivity index (χ0) is 28.8. The van der Waals surface area contributed by atoms with E-state index in [9.17, 15) is 9.59 Å². The molecule has 1 unspecified atom stereocenters. The van der Waals surface area contributed by atoms with E-state index in [2.05, 4.69) is 0 Å². The van der Waals surface area contributed by atoms with Gasteiger partial charge in [-0.3, -0.25) is 0 Å². The number of rotatable bonds is 16.